The average Bonchev–Trinajstić information content (AvgIpc) is 2.40. The Hall–Kier alpha value is -1.77. The van der Waals surface area contributed by atoms with Crippen LogP contribution in [0, 0.1) is 0 Å². The lowest BCUT2D eigenvalue weighted by atomic mass is 10.1. The highest BCUT2D eigenvalue weighted by Crippen LogP contribution is 2.24. The highest BCUT2D eigenvalue weighted by molar-refractivity contribution is 5.88. The van der Waals surface area contributed by atoms with Crippen molar-refractivity contribution in [3.63, 3.8) is 0 Å². The van der Waals surface area contributed by atoms with E-state index < -0.39 is 0 Å². The van der Waals surface area contributed by atoms with Gasteiger partial charge in [-0.25, -0.2) is 0 Å². The van der Waals surface area contributed by atoms with Crippen LogP contribution in [0.4, 0.5) is 0 Å². The molecule has 0 saturated heterocycles. The molecule has 1 atom stereocenters. The van der Waals surface area contributed by atoms with Crippen LogP contribution in [0.3, 0.4) is 0 Å². The van der Waals surface area contributed by atoms with Gasteiger partial charge in [0.1, 0.15) is 6.10 Å². The summed E-state index contributed by atoms with van der Waals surface area (Å²) in [5.74, 6) is 0.657. The van der Waals surface area contributed by atoms with Crippen LogP contribution in [-0.4, -0.2) is 12.4 Å². The fraction of sp³-hybridized carbons (Fsp3) is 0.357. The molecule has 3 heteroatoms. The van der Waals surface area contributed by atoms with Crippen molar-refractivity contribution in [2.75, 3.05) is 6.54 Å². The van der Waals surface area contributed by atoms with Crippen LogP contribution in [0.15, 0.2) is 47.1 Å². The van der Waals surface area contributed by atoms with E-state index in [9.17, 15) is 0 Å². The van der Waals surface area contributed by atoms with E-state index in [4.69, 9.17) is 10.5 Å². The molecule has 0 aliphatic carbocycles. The minimum absolute atomic E-state index is 0.101. The minimum Gasteiger partial charge on any atom is -0.470 e. The smallest absolute Gasteiger partial charge is 0.210 e. The van der Waals surface area contributed by atoms with Gasteiger partial charge in [0.2, 0.25) is 5.90 Å². The molecule has 3 nitrogen and oxygen atoms in total. The van der Waals surface area contributed by atoms with Crippen molar-refractivity contribution in [1.29, 1.82) is 0 Å². The first kappa shape index (κ1) is 11.7. The summed E-state index contributed by atoms with van der Waals surface area (Å²) < 4.78 is 5.84. The zero-order valence-electron chi connectivity index (χ0n) is 10.1. The first-order valence-electron chi connectivity index (χ1n) is 6.01. The molecule has 17 heavy (non-hydrogen) atoms. The van der Waals surface area contributed by atoms with Gasteiger partial charge in [-0.05, 0) is 12.0 Å². The van der Waals surface area contributed by atoms with Crippen LogP contribution in [0.2, 0.25) is 0 Å². The summed E-state index contributed by atoms with van der Waals surface area (Å²) in [6.07, 6.45) is 3.67. The maximum absolute atomic E-state index is 5.84. The lowest BCUT2D eigenvalue weighted by Crippen LogP contribution is -2.17. The van der Waals surface area contributed by atoms with Gasteiger partial charge in [-0.1, -0.05) is 37.3 Å². The van der Waals surface area contributed by atoms with E-state index in [0.29, 0.717) is 5.90 Å². The third-order valence-electron chi connectivity index (χ3n) is 2.81. The van der Waals surface area contributed by atoms with Crippen LogP contribution in [0.25, 0.3) is 0 Å². The van der Waals surface area contributed by atoms with E-state index in [2.05, 4.69) is 17.1 Å². The lowest BCUT2D eigenvalue weighted by molar-refractivity contribution is 0.171. The molecule has 1 aliphatic heterocycles. The second-order valence-electron chi connectivity index (χ2n) is 4.10. The van der Waals surface area contributed by atoms with Gasteiger partial charge in [-0.3, -0.25) is 4.99 Å². The van der Waals surface area contributed by atoms with Crippen LogP contribution < -0.4 is 5.73 Å². The number of aliphatic imine (C=N–C) groups is 1. The third-order valence-corrected chi connectivity index (χ3v) is 2.81. The third kappa shape index (κ3) is 3.09. The number of rotatable bonds is 3. The summed E-state index contributed by atoms with van der Waals surface area (Å²) in [7, 11) is 0. The number of ether oxygens (including phenoxy) is 1. The maximum atomic E-state index is 5.84. The van der Waals surface area contributed by atoms with E-state index in [1.807, 2.05) is 31.2 Å². The van der Waals surface area contributed by atoms with E-state index in [-0.39, 0.29) is 6.10 Å². The largest absolute Gasteiger partial charge is 0.470 e. The molecular weight excluding hydrogens is 212 g/mol. The standard InChI is InChI=1S/C14H18N2O/c1-2-12(15)10-14-16-9-8-13(17-14)11-6-4-3-5-7-11/h3-7,10,13H,2,8-9,15H2,1H3. The number of nitrogens with two attached hydrogens (primary N) is 1. The summed E-state index contributed by atoms with van der Waals surface area (Å²) in [5, 5.41) is 0. The average molecular weight is 230 g/mol. The van der Waals surface area contributed by atoms with Gasteiger partial charge in [0.25, 0.3) is 0 Å². The fourth-order valence-electron chi connectivity index (χ4n) is 1.78. The molecule has 0 amide bonds. The molecule has 1 heterocycles. The summed E-state index contributed by atoms with van der Waals surface area (Å²) in [5.41, 5.74) is 7.79. The molecule has 2 rings (SSSR count). The molecular formula is C14H18N2O. The van der Waals surface area contributed by atoms with E-state index in [0.717, 1.165) is 25.1 Å². The fourth-order valence-corrected chi connectivity index (χ4v) is 1.78. The predicted octanol–water partition coefficient (Wildman–Crippen LogP) is 2.80. The number of nitrogens with zero attached hydrogens (tertiary/aromatic N) is 1. The zero-order valence-corrected chi connectivity index (χ0v) is 10.1. The normalized spacial score (nSPS) is 20.6. The van der Waals surface area contributed by atoms with E-state index in [1.165, 1.54) is 5.56 Å². The monoisotopic (exact) mass is 230 g/mol. The van der Waals surface area contributed by atoms with Crippen molar-refractivity contribution in [2.24, 2.45) is 10.7 Å². The van der Waals surface area contributed by atoms with Crippen LogP contribution in [0.1, 0.15) is 31.4 Å². The molecule has 0 bridgehead atoms. The van der Waals surface area contributed by atoms with Gasteiger partial charge in [0, 0.05) is 24.7 Å². The summed E-state index contributed by atoms with van der Waals surface area (Å²) in [6, 6.07) is 10.2. The second kappa shape index (κ2) is 5.53. The van der Waals surface area contributed by atoms with Crippen molar-refractivity contribution in [1.82, 2.24) is 0 Å². The minimum atomic E-state index is 0.101. The van der Waals surface area contributed by atoms with Gasteiger partial charge in [-0.2, -0.15) is 0 Å². The van der Waals surface area contributed by atoms with Crippen LogP contribution in [0.5, 0.6) is 0 Å². The Balaban J connectivity index is 2.09. The maximum Gasteiger partial charge on any atom is 0.210 e. The molecule has 1 aromatic carbocycles. The van der Waals surface area contributed by atoms with E-state index >= 15 is 0 Å². The summed E-state index contributed by atoms with van der Waals surface area (Å²) in [6.45, 7) is 2.81. The molecule has 0 saturated carbocycles. The predicted molar refractivity (Wildman–Crippen MR) is 69.7 cm³/mol. The first-order chi connectivity index (χ1) is 8.29. The first-order valence-corrected chi connectivity index (χ1v) is 6.01. The highest BCUT2D eigenvalue weighted by atomic mass is 16.5. The molecule has 0 spiro atoms. The van der Waals surface area contributed by atoms with Gasteiger partial charge in [0.15, 0.2) is 0 Å². The van der Waals surface area contributed by atoms with Crippen molar-refractivity contribution in [2.45, 2.75) is 25.9 Å². The number of hydrogen-bond donors (Lipinski definition) is 1. The van der Waals surface area contributed by atoms with Crippen molar-refractivity contribution < 1.29 is 4.74 Å². The van der Waals surface area contributed by atoms with Gasteiger partial charge in [-0.15, -0.1) is 0 Å². The zero-order chi connectivity index (χ0) is 12.1. The van der Waals surface area contributed by atoms with Gasteiger partial charge in [0.05, 0.1) is 0 Å². The molecule has 2 N–H and O–H groups in total. The van der Waals surface area contributed by atoms with Crippen LogP contribution >= 0.6 is 0 Å². The molecule has 0 aromatic heterocycles. The van der Waals surface area contributed by atoms with Crippen molar-refractivity contribution in [3.8, 4) is 0 Å². The Morgan fingerprint density at radius 3 is 2.94 bits per heavy atom. The summed E-state index contributed by atoms with van der Waals surface area (Å²) >= 11 is 0. The highest BCUT2D eigenvalue weighted by Gasteiger charge is 2.18. The Kier molecular flexibility index (Phi) is 3.81. The molecule has 0 fully saturated rings. The van der Waals surface area contributed by atoms with Crippen LogP contribution in [-0.2, 0) is 4.74 Å². The Morgan fingerprint density at radius 2 is 2.24 bits per heavy atom. The lowest BCUT2D eigenvalue weighted by Gasteiger charge is -2.22. The topological polar surface area (TPSA) is 47.6 Å². The summed E-state index contributed by atoms with van der Waals surface area (Å²) in [4.78, 5) is 4.33. The van der Waals surface area contributed by atoms with Gasteiger partial charge < -0.3 is 10.5 Å². The number of hydrogen-bond acceptors (Lipinski definition) is 3. The quantitative estimate of drug-likeness (QED) is 0.868. The molecule has 1 aromatic rings. The molecule has 0 radical (unpaired) electrons. The molecule has 1 unspecified atom stereocenters. The van der Waals surface area contributed by atoms with E-state index in [1.54, 1.807) is 0 Å². The van der Waals surface area contributed by atoms with Crippen molar-refractivity contribution in [3.05, 3.63) is 47.7 Å². The Labute approximate surface area is 102 Å². The number of allylic oxidation sites excluding steroid dienone is 1. The molecule has 1 aliphatic rings. The second-order valence-corrected chi connectivity index (χ2v) is 4.10. The van der Waals surface area contributed by atoms with Crippen molar-refractivity contribution >= 4 is 5.90 Å². The number of benzene rings is 1. The molecule has 90 valence electrons. The Bertz CT molecular complexity index is 423. The Morgan fingerprint density at radius 1 is 1.47 bits per heavy atom. The SMILES string of the molecule is CCC(N)=CC1=NCCC(c2ccccc2)O1. The van der Waals surface area contributed by atoms with Gasteiger partial charge >= 0.3 is 0 Å².